The highest BCUT2D eigenvalue weighted by atomic mass is 32.2. The first kappa shape index (κ1) is 18.5. The average Bonchev–Trinajstić information content (AvgIpc) is 3.06. The van der Waals surface area contributed by atoms with Gasteiger partial charge in [-0.05, 0) is 24.0 Å². The first-order chi connectivity index (χ1) is 12.3. The highest BCUT2D eigenvalue weighted by molar-refractivity contribution is 7.99. The van der Waals surface area contributed by atoms with Gasteiger partial charge in [0.15, 0.2) is 5.13 Å². The van der Waals surface area contributed by atoms with Gasteiger partial charge in [0.2, 0.25) is 5.43 Å². The molecule has 0 aliphatic rings. The summed E-state index contributed by atoms with van der Waals surface area (Å²) in [6, 6.07) is 2.78. The molecule has 0 unspecified atom stereocenters. The zero-order valence-electron chi connectivity index (χ0n) is 13.3. The highest BCUT2D eigenvalue weighted by Crippen LogP contribution is 2.31. The zero-order chi connectivity index (χ0) is 18.9. The topological polar surface area (TPSA) is 74.8 Å². The van der Waals surface area contributed by atoms with Crippen molar-refractivity contribution in [1.29, 1.82) is 0 Å². The molecule has 2 N–H and O–H groups in total. The fourth-order valence-electron chi connectivity index (χ4n) is 2.35. The lowest BCUT2D eigenvalue weighted by molar-refractivity contribution is -0.137. The van der Waals surface area contributed by atoms with E-state index in [-0.39, 0.29) is 21.5 Å². The van der Waals surface area contributed by atoms with E-state index in [0.29, 0.717) is 10.9 Å². The molecule has 0 atom stereocenters. The third kappa shape index (κ3) is 3.61. The lowest BCUT2D eigenvalue weighted by atomic mass is 10.1. The summed E-state index contributed by atoms with van der Waals surface area (Å²) in [4.78, 5) is 32.0. The third-order valence-corrected chi connectivity index (χ3v) is 5.03. The number of nitrogens with zero attached hydrogens (tertiary/aromatic N) is 1. The minimum Gasteiger partial charge on any atom is -0.349 e. The maximum absolute atomic E-state index is 12.9. The number of rotatable bonds is 4. The molecule has 0 aliphatic heterocycles. The fraction of sp³-hybridized carbons (Fsp3) is 0.188. The van der Waals surface area contributed by atoms with Crippen molar-refractivity contribution in [2.45, 2.75) is 18.1 Å². The summed E-state index contributed by atoms with van der Waals surface area (Å²) < 4.78 is 38.8. The van der Waals surface area contributed by atoms with Gasteiger partial charge in [-0.3, -0.25) is 14.9 Å². The minimum atomic E-state index is -4.52. The second-order valence-corrected chi connectivity index (χ2v) is 7.31. The minimum absolute atomic E-state index is 0.0164. The number of nitrogens with one attached hydrogen (secondary N) is 2. The maximum atomic E-state index is 12.9. The van der Waals surface area contributed by atoms with Crippen molar-refractivity contribution in [3.63, 3.8) is 0 Å². The van der Waals surface area contributed by atoms with Gasteiger partial charge in [-0.15, -0.1) is 23.1 Å². The number of hydrogen-bond acceptors (Lipinski definition) is 5. The van der Waals surface area contributed by atoms with Crippen LogP contribution in [0.1, 0.15) is 22.8 Å². The molecule has 0 saturated heterocycles. The summed E-state index contributed by atoms with van der Waals surface area (Å²) in [5.41, 5.74) is -1.60. The molecular weight excluding hydrogens is 387 g/mol. The molecule has 3 aromatic rings. The van der Waals surface area contributed by atoms with E-state index in [1.807, 2.05) is 6.92 Å². The number of thiazole rings is 1. The zero-order valence-corrected chi connectivity index (χ0v) is 14.9. The number of alkyl halides is 3. The van der Waals surface area contributed by atoms with Gasteiger partial charge in [0.1, 0.15) is 5.56 Å². The van der Waals surface area contributed by atoms with Crippen LogP contribution in [0.3, 0.4) is 0 Å². The first-order valence-electron chi connectivity index (χ1n) is 7.42. The molecule has 0 fully saturated rings. The molecule has 0 spiro atoms. The Kier molecular flexibility index (Phi) is 5.05. The molecule has 0 bridgehead atoms. The summed E-state index contributed by atoms with van der Waals surface area (Å²) in [5, 5.41) is 4.77. The van der Waals surface area contributed by atoms with Crippen LogP contribution in [0, 0.1) is 0 Å². The number of aromatic nitrogens is 2. The van der Waals surface area contributed by atoms with E-state index in [1.54, 1.807) is 5.38 Å². The number of aromatic amines is 1. The van der Waals surface area contributed by atoms with Gasteiger partial charge in [0, 0.05) is 17.0 Å². The Morgan fingerprint density at radius 2 is 2.15 bits per heavy atom. The number of carbonyl (C=O) groups excluding carboxylic acids is 1. The number of pyridine rings is 1. The first-order valence-corrected chi connectivity index (χ1v) is 9.28. The van der Waals surface area contributed by atoms with Crippen molar-refractivity contribution in [3.05, 3.63) is 51.1 Å². The van der Waals surface area contributed by atoms with Crippen LogP contribution in [0.5, 0.6) is 0 Å². The molecule has 136 valence electrons. The second-order valence-electron chi connectivity index (χ2n) is 5.14. The van der Waals surface area contributed by atoms with Crippen molar-refractivity contribution < 1.29 is 18.0 Å². The predicted molar refractivity (Wildman–Crippen MR) is 96.0 cm³/mol. The molecule has 5 nitrogen and oxygen atoms in total. The summed E-state index contributed by atoms with van der Waals surface area (Å²) >= 11 is 2.36. The lowest BCUT2D eigenvalue weighted by Gasteiger charge is -2.12. The molecule has 2 heterocycles. The van der Waals surface area contributed by atoms with Crippen molar-refractivity contribution in [2.24, 2.45) is 0 Å². The van der Waals surface area contributed by atoms with Crippen LogP contribution in [0.4, 0.5) is 18.3 Å². The Hall–Kier alpha value is -2.33. The molecule has 0 radical (unpaired) electrons. The van der Waals surface area contributed by atoms with Gasteiger partial charge in [0.25, 0.3) is 5.91 Å². The fourth-order valence-corrected chi connectivity index (χ4v) is 3.67. The van der Waals surface area contributed by atoms with E-state index >= 15 is 0 Å². The average molecular weight is 399 g/mol. The van der Waals surface area contributed by atoms with Gasteiger partial charge < -0.3 is 4.98 Å². The number of hydrogen-bond donors (Lipinski definition) is 2. The third-order valence-electron chi connectivity index (χ3n) is 3.46. The Labute approximate surface area is 153 Å². The molecule has 10 heteroatoms. The van der Waals surface area contributed by atoms with Crippen LogP contribution in [0.25, 0.3) is 10.9 Å². The highest BCUT2D eigenvalue weighted by Gasteiger charge is 2.31. The molecule has 1 aromatic carbocycles. The number of benzene rings is 1. The monoisotopic (exact) mass is 399 g/mol. The molecule has 0 saturated carbocycles. The Morgan fingerprint density at radius 3 is 2.77 bits per heavy atom. The van der Waals surface area contributed by atoms with Crippen LogP contribution in [0.15, 0.2) is 39.6 Å². The van der Waals surface area contributed by atoms with Crippen molar-refractivity contribution in [2.75, 3.05) is 11.1 Å². The molecule has 26 heavy (non-hydrogen) atoms. The van der Waals surface area contributed by atoms with E-state index < -0.39 is 23.1 Å². The van der Waals surface area contributed by atoms with Gasteiger partial charge in [-0.1, -0.05) is 6.92 Å². The van der Waals surface area contributed by atoms with Crippen molar-refractivity contribution >= 4 is 45.0 Å². The van der Waals surface area contributed by atoms with E-state index in [2.05, 4.69) is 15.3 Å². The summed E-state index contributed by atoms with van der Waals surface area (Å²) in [5.74, 6) is -0.128. The number of fused-ring (bicyclic) bond motifs is 1. The van der Waals surface area contributed by atoms with Crippen molar-refractivity contribution in [1.82, 2.24) is 9.97 Å². The molecule has 1 amide bonds. The molecule has 0 aliphatic carbocycles. The predicted octanol–water partition coefficient (Wildman–Crippen LogP) is 4.37. The van der Waals surface area contributed by atoms with Crippen LogP contribution in [0.2, 0.25) is 0 Å². The second kappa shape index (κ2) is 7.12. The van der Waals surface area contributed by atoms with E-state index in [4.69, 9.17) is 0 Å². The Morgan fingerprint density at radius 1 is 1.38 bits per heavy atom. The van der Waals surface area contributed by atoms with E-state index in [1.165, 1.54) is 29.3 Å². The number of anilines is 1. The normalized spacial score (nSPS) is 11.7. The quantitative estimate of drug-likeness (QED) is 0.639. The Bertz CT molecular complexity index is 1010. The van der Waals surface area contributed by atoms with Crippen LogP contribution in [-0.2, 0) is 6.18 Å². The van der Waals surface area contributed by atoms with Crippen molar-refractivity contribution in [3.8, 4) is 0 Å². The number of amides is 1. The van der Waals surface area contributed by atoms with Gasteiger partial charge in [-0.25, -0.2) is 4.98 Å². The number of halogens is 3. The summed E-state index contributed by atoms with van der Waals surface area (Å²) in [7, 11) is 0. The van der Waals surface area contributed by atoms with Gasteiger partial charge >= 0.3 is 6.18 Å². The lowest BCUT2D eigenvalue weighted by Crippen LogP contribution is -2.24. The molecule has 3 rings (SSSR count). The van der Waals surface area contributed by atoms with E-state index in [0.717, 1.165) is 18.2 Å². The summed E-state index contributed by atoms with van der Waals surface area (Å²) in [6.45, 7) is 1.81. The van der Waals surface area contributed by atoms with Crippen LogP contribution < -0.4 is 10.7 Å². The van der Waals surface area contributed by atoms with E-state index in [9.17, 15) is 22.8 Å². The molecular formula is C16H12F3N3O2S2. The number of carbonyl (C=O) groups is 1. The number of thioether (sulfide) groups is 1. The van der Waals surface area contributed by atoms with Gasteiger partial charge in [0.05, 0.1) is 16.1 Å². The molecule has 2 aromatic heterocycles. The Balaban J connectivity index is 2.15. The summed E-state index contributed by atoms with van der Waals surface area (Å²) in [6.07, 6.45) is -3.02. The van der Waals surface area contributed by atoms with Gasteiger partial charge in [-0.2, -0.15) is 13.2 Å². The standard InChI is InChI=1S/C16H12F3N3O2S2/c1-2-25-14-11(13(24)22-15-20-5-6-26-15)12(23)9-4-3-8(16(17,18)19)7-10(9)21-14/h3-7H,2H2,1H3,(H,21,23)(H,20,22,24). The SMILES string of the molecule is CCSc1[nH]c2cc(C(F)(F)F)ccc2c(=O)c1C(=O)Nc1nccs1. The number of H-pyrrole nitrogens is 1. The van der Waals surface area contributed by atoms with Crippen LogP contribution in [-0.4, -0.2) is 21.6 Å². The smallest absolute Gasteiger partial charge is 0.349 e. The largest absolute Gasteiger partial charge is 0.416 e. The van der Waals surface area contributed by atoms with Crippen LogP contribution >= 0.6 is 23.1 Å². The maximum Gasteiger partial charge on any atom is 0.416 e.